The normalized spacial score (nSPS) is 14.6. The van der Waals surface area contributed by atoms with Crippen LogP contribution in [0.4, 0.5) is 24.9 Å². The number of nitrogens with zero attached hydrogens (tertiary/aromatic N) is 5. The predicted molar refractivity (Wildman–Crippen MR) is 145 cm³/mol. The first kappa shape index (κ1) is 27.4. The van der Waals surface area contributed by atoms with Gasteiger partial charge in [0, 0.05) is 50.7 Å². The van der Waals surface area contributed by atoms with Crippen molar-refractivity contribution in [1.82, 2.24) is 29.7 Å². The van der Waals surface area contributed by atoms with Crippen LogP contribution in [0.5, 0.6) is 5.75 Å². The molecule has 1 amide bonds. The van der Waals surface area contributed by atoms with E-state index in [1.807, 2.05) is 50.2 Å². The molecule has 4 aromatic rings. The van der Waals surface area contributed by atoms with Crippen molar-refractivity contribution in [3.8, 4) is 16.9 Å². The number of nitrogens with one attached hydrogen (secondary N) is 2. The Balaban J connectivity index is 1.23. The Morgan fingerprint density at radius 2 is 1.90 bits per heavy atom. The van der Waals surface area contributed by atoms with Gasteiger partial charge in [0.05, 0.1) is 23.3 Å². The van der Waals surface area contributed by atoms with Gasteiger partial charge in [-0.05, 0) is 55.3 Å². The first-order chi connectivity index (χ1) is 19.1. The second-order valence-corrected chi connectivity index (χ2v) is 9.98. The summed E-state index contributed by atoms with van der Waals surface area (Å²) in [5.74, 6) is 0.996. The van der Waals surface area contributed by atoms with E-state index in [9.17, 15) is 18.0 Å². The molecule has 9 nitrogen and oxygen atoms in total. The van der Waals surface area contributed by atoms with Crippen LogP contribution in [0.15, 0.2) is 55.0 Å². The number of benzene rings is 1. The van der Waals surface area contributed by atoms with Gasteiger partial charge in [0.1, 0.15) is 18.0 Å². The maximum Gasteiger partial charge on any atom is 0.397 e. The van der Waals surface area contributed by atoms with E-state index < -0.39 is 18.5 Å². The van der Waals surface area contributed by atoms with E-state index in [-0.39, 0.29) is 19.2 Å². The summed E-state index contributed by atoms with van der Waals surface area (Å²) in [7, 11) is 0. The van der Waals surface area contributed by atoms with Gasteiger partial charge in [-0.1, -0.05) is 6.07 Å². The Morgan fingerprint density at radius 3 is 2.65 bits per heavy atom. The standard InChI is InChI=1S/C28H30F3N7O2/c1-18(2)40-24-16-32-7-6-21(24)20-3-4-22-23(14-20)35-27(34-22)36-25-13-19(5-8-33-25)17-37-9-11-38(12-10-37)26(39)15-28(29,30)31/h3-8,13-14,16,18H,9-12,15,17H2,1-2H3,(H2,33,34,35,36). The Bertz CT molecular complexity index is 1480. The monoisotopic (exact) mass is 553 g/mol. The highest BCUT2D eigenvalue weighted by Gasteiger charge is 2.34. The van der Waals surface area contributed by atoms with Crippen LogP contribution < -0.4 is 10.1 Å². The number of ether oxygens (including phenoxy) is 1. The molecule has 5 rings (SSSR count). The van der Waals surface area contributed by atoms with Crippen molar-refractivity contribution in [2.45, 2.75) is 39.1 Å². The molecule has 40 heavy (non-hydrogen) atoms. The molecule has 1 aliphatic rings. The van der Waals surface area contributed by atoms with E-state index in [1.165, 1.54) is 4.90 Å². The summed E-state index contributed by atoms with van der Waals surface area (Å²) in [4.78, 5) is 31.8. The first-order valence-electron chi connectivity index (χ1n) is 13.0. The van der Waals surface area contributed by atoms with Gasteiger partial charge in [0.25, 0.3) is 0 Å². The number of aromatic nitrogens is 4. The van der Waals surface area contributed by atoms with Gasteiger partial charge < -0.3 is 19.9 Å². The third kappa shape index (κ3) is 6.87. The molecule has 1 saturated heterocycles. The van der Waals surface area contributed by atoms with Gasteiger partial charge in [-0.25, -0.2) is 9.97 Å². The van der Waals surface area contributed by atoms with Gasteiger partial charge in [0.2, 0.25) is 11.9 Å². The fourth-order valence-corrected chi connectivity index (χ4v) is 4.66. The molecule has 1 aromatic carbocycles. The molecule has 0 bridgehead atoms. The summed E-state index contributed by atoms with van der Waals surface area (Å²) in [5.41, 5.74) is 4.54. The van der Waals surface area contributed by atoms with Crippen molar-refractivity contribution in [2.75, 3.05) is 31.5 Å². The fraction of sp³-hybridized carbons (Fsp3) is 0.357. The molecule has 4 heterocycles. The molecule has 0 radical (unpaired) electrons. The SMILES string of the molecule is CC(C)Oc1cnccc1-c1ccc2nc(Nc3cc(CN4CCN(C(=O)CC(F)(F)F)CC4)ccn3)[nH]c2c1. The number of carbonyl (C=O) groups excluding carboxylic acids is 1. The summed E-state index contributed by atoms with van der Waals surface area (Å²) in [6.07, 6.45) is -0.726. The smallest absolute Gasteiger partial charge is 0.397 e. The number of hydrogen-bond acceptors (Lipinski definition) is 7. The van der Waals surface area contributed by atoms with Gasteiger partial charge in [-0.2, -0.15) is 13.2 Å². The molecule has 0 spiro atoms. The summed E-state index contributed by atoms with van der Waals surface area (Å²) in [6.45, 7) is 6.09. The van der Waals surface area contributed by atoms with Crippen LogP contribution in [0.2, 0.25) is 0 Å². The van der Waals surface area contributed by atoms with Gasteiger partial charge in [0.15, 0.2) is 0 Å². The van der Waals surface area contributed by atoms with E-state index in [2.05, 4.69) is 30.2 Å². The van der Waals surface area contributed by atoms with Crippen LogP contribution in [0.3, 0.4) is 0 Å². The Kier molecular flexibility index (Phi) is 7.88. The van der Waals surface area contributed by atoms with Crippen LogP contribution in [0.1, 0.15) is 25.8 Å². The molecule has 2 N–H and O–H groups in total. The van der Waals surface area contributed by atoms with Crippen molar-refractivity contribution >= 4 is 28.7 Å². The lowest BCUT2D eigenvalue weighted by Gasteiger charge is -2.35. The Labute approximate surface area is 229 Å². The molecule has 3 aromatic heterocycles. The summed E-state index contributed by atoms with van der Waals surface area (Å²) >= 11 is 0. The quantitative estimate of drug-likeness (QED) is 0.312. The largest absolute Gasteiger partial charge is 0.489 e. The number of imidazole rings is 1. The third-order valence-electron chi connectivity index (χ3n) is 6.49. The molecule has 12 heteroatoms. The summed E-state index contributed by atoms with van der Waals surface area (Å²) in [6, 6.07) is 11.7. The number of hydrogen-bond donors (Lipinski definition) is 2. The zero-order chi connectivity index (χ0) is 28.3. The minimum atomic E-state index is -4.48. The molecule has 0 aliphatic carbocycles. The number of alkyl halides is 3. The number of halogens is 3. The number of pyridine rings is 2. The lowest BCUT2D eigenvalue weighted by Crippen LogP contribution is -2.49. The minimum absolute atomic E-state index is 0.0231. The van der Waals surface area contributed by atoms with Gasteiger partial charge in [-0.3, -0.25) is 14.7 Å². The average Bonchev–Trinajstić information content (AvgIpc) is 3.30. The third-order valence-corrected chi connectivity index (χ3v) is 6.49. The highest BCUT2D eigenvalue weighted by atomic mass is 19.4. The first-order valence-corrected chi connectivity index (χ1v) is 13.0. The second kappa shape index (κ2) is 11.5. The number of anilines is 2. The minimum Gasteiger partial charge on any atom is -0.489 e. The van der Waals surface area contributed by atoms with E-state index in [1.54, 1.807) is 18.6 Å². The van der Waals surface area contributed by atoms with Crippen LogP contribution in [0.25, 0.3) is 22.2 Å². The van der Waals surface area contributed by atoms with Crippen molar-refractivity contribution in [3.05, 3.63) is 60.6 Å². The van der Waals surface area contributed by atoms with Crippen molar-refractivity contribution in [2.24, 2.45) is 0 Å². The highest BCUT2D eigenvalue weighted by molar-refractivity contribution is 5.85. The number of H-pyrrole nitrogens is 1. The molecule has 210 valence electrons. The summed E-state index contributed by atoms with van der Waals surface area (Å²) in [5, 5.41) is 3.22. The molecule has 1 fully saturated rings. The van der Waals surface area contributed by atoms with Crippen LogP contribution in [-0.2, 0) is 11.3 Å². The van der Waals surface area contributed by atoms with Crippen LogP contribution in [0, 0.1) is 0 Å². The Morgan fingerprint density at radius 1 is 1.10 bits per heavy atom. The molecular weight excluding hydrogens is 523 g/mol. The number of fused-ring (bicyclic) bond motifs is 1. The number of carbonyl (C=O) groups is 1. The van der Waals surface area contributed by atoms with Gasteiger partial charge >= 0.3 is 6.18 Å². The molecule has 0 saturated carbocycles. The fourth-order valence-electron chi connectivity index (χ4n) is 4.66. The van der Waals surface area contributed by atoms with Crippen molar-refractivity contribution < 1.29 is 22.7 Å². The zero-order valence-electron chi connectivity index (χ0n) is 22.2. The predicted octanol–water partition coefficient (Wildman–Crippen LogP) is 5.15. The number of amides is 1. The van der Waals surface area contributed by atoms with E-state index in [0.717, 1.165) is 27.7 Å². The highest BCUT2D eigenvalue weighted by Crippen LogP contribution is 2.32. The van der Waals surface area contributed by atoms with Crippen molar-refractivity contribution in [3.63, 3.8) is 0 Å². The number of piperazine rings is 1. The molecule has 0 atom stereocenters. The van der Waals surface area contributed by atoms with Crippen LogP contribution in [-0.4, -0.2) is 74.1 Å². The zero-order valence-corrected chi connectivity index (χ0v) is 22.2. The lowest BCUT2D eigenvalue weighted by atomic mass is 10.1. The lowest BCUT2D eigenvalue weighted by molar-refractivity contribution is -0.162. The maximum atomic E-state index is 12.5. The van der Waals surface area contributed by atoms with Gasteiger partial charge in [-0.15, -0.1) is 0 Å². The molecule has 1 aliphatic heterocycles. The van der Waals surface area contributed by atoms with E-state index in [0.29, 0.717) is 37.1 Å². The topological polar surface area (TPSA) is 99.3 Å². The molecule has 0 unspecified atom stereocenters. The molecular formula is C28H30F3N7O2. The second-order valence-electron chi connectivity index (χ2n) is 9.98. The Hall–Kier alpha value is -4.19. The van der Waals surface area contributed by atoms with E-state index >= 15 is 0 Å². The van der Waals surface area contributed by atoms with Crippen molar-refractivity contribution in [1.29, 1.82) is 0 Å². The maximum absolute atomic E-state index is 12.5. The number of aromatic amines is 1. The average molecular weight is 554 g/mol. The summed E-state index contributed by atoms with van der Waals surface area (Å²) < 4.78 is 43.5. The number of rotatable bonds is 8. The van der Waals surface area contributed by atoms with E-state index in [4.69, 9.17) is 4.74 Å². The van der Waals surface area contributed by atoms with Crippen LogP contribution >= 0.6 is 0 Å².